The van der Waals surface area contributed by atoms with E-state index in [1.54, 1.807) is 37.5 Å². The summed E-state index contributed by atoms with van der Waals surface area (Å²) in [6, 6.07) is 8.97. The normalized spacial score (nSPS) is 15.8. The van der Waals surface area contributed by atoms with E-state index in [1.807, 2.05) is 6.92 Å². The second-order valence-corrected chi connectivity index (χ2v) is 10.4. The smallest absolute Gasteiger partial charge is 0.417 e. The third-order valence-corrected chi connectivity index (χ3v) is 7.22. The number of carbonyl (C=O) groups is 2. The number of rotatable bonds is 12. The van der Waals surface area contributed by atoms with Crippen molar-refractivity contribution in [2.45, 2.75) is 70.5 Å². The molecule has 1 saturated carbocycles. The lowest BCUT2D eigenvalue weighted by molar-refractivity contribution is -0.138. The lowest BCUT2D eigenvalue weighted by atomic mass is 9.80. The molecule has 1 atom stereocenters. The van der Waals surface area contributed by atoms with Crippen LogP contribution in [-0.4, -0.2) is 52.7 Å². The number of amides is 1. The number of carboxylic acid groups (broad SMARTS) is 1. The third kappa shape index (κ3) is 9.33. The van der Waals surface area contributed by atoms with Crippen LogP contribution in [-0.2, 0) is 11.0 Å². The van der Waals surface area contributed by atoms with Crippen LogP contribution in [0.1, 0.15) is 74.2 Å². The van der Waals surface area contributed by atoms with Gasteiger partial charge in [0.2, 0.25) is 0 Å². The predicted octanol–water partition coefficient (Wildman–Crippen LogP) is 6.42. The zero-order chi connectivity index (χ0) is 30.0. The molecule has 11 heteroatoms. The van der Waals surface area contributed by atoms with Gasteiger partial charge < -0.3 is 21.1 Å². The Morgan fingerprint density at radius 2 is 1.83 bits per heavy atom. The molecule has 4 N–H and O–H groups in total. The number of aliphatic carboxylic acids is 1. The lowest BCUT2D eigenvalue weighted by Crippen LogP contribution is -2.35. The fraction of sp³-hybridized carbons (Fsp3) is 0.467. The van der Waals surface area contributed by atoms with Gasteiger partial charge in [0, 0.05) is 48.5 Å². The number of nitrogens with one attached hydrogen (secondary N) is 1. The van der Waals surface area contributed by atoms with Gasteiger partial charge >= 0.3 is 12.1 Å². The molecular weight excluding hydrogens is 535 g/mol. The number of halogens is 3. The Balaban J connectivity index is 1.88. The summed E-state index contributed by atoms with van der Waals surface area (Å²) in [5.41, 5.74) is 8.36. The predicted molar refractivity (Wildman–Crippen MR) is 153 cm³/mol. The molecule has 1 aromatic heterocycles. The van der Waals surface area contributed by atoms with Crippen LogP contribution in [0.3, 0.4) is 0 Å². The minimum Gasteiger partial charge on any atom is -0.481 e. The van der Waals surface area contributed by atoms with Crippen molar-refractivity contribution in [2.24, 2.45) is 16.6 Å². The average Bonchev–Trinajstić information content (AvgIpc) is 2.95. The topological polar surface area (TPSA) is 121 Å². The molecule has 3 rings (SSSR count). The maximum absolute atomic E-state index is 13.0. The Morgan fingerprint density at radius 1 is 1.15 bits per heavy atom. The van der Waals surface area contributed by atoms with Crippen molar-refractivity contribution >= 4 is 29.6 Å². The van der Waals surface area contributed by atoms with Crippen molar-refractivity contribution in [1.29, 1.82) is 0 Å². The number of aromatic nitrogens is 1. The number of hydrogen-bond acceptors (Lipinski definition) is 6. The van der Waals surface area contributed by atoms with Gasteiger partial charge in [-0.25, -0.2) is 9.98 Å². The molecule has 1 aliphatic carbocycles. The number of anilines is 1. The first-order chi connectivity index (χ1) is 19.5. The minimum atomic E-state index is -4.48. The first-order valence-corrected chi connectivity index (χ1v) is 13.9. The van der Waals surface area contributed by atoms with Crippen molar-refractivity contribution in [2.75, 3.05) is 18.9 Å². The second-order valence-electron chi connectivity index (χ2n) is 10.4. The van der Waals surface area contributed by atoms with Crippen LogP contribution < -0.4 is 11.1 Å². The van der Waals surface area contributed by atoms with Crippen molar-refractivity contribution in [1.82, 2.24) is 9.88 Å². The van der Waals surface area contributed by atoms with Gasteiger partial charge in [-0.1, -0.05) is 32.6 Å². The summed E-state index contributed by atoms with van der Waals surface area (Å²) in [4.78, 5) is 33.2. The van der Waals surface area contributed by atoms with Gasteiger partial charge in [0.25, 0.3) is 5.91 Å². The largest absolute Gasteiger partial charge is 0.481 e. The van der Waals surface area contributed by atoms with E-state index in [4.69, 9.17) is 10.8 Å². The fourth-order valence-corrected chi connectivity index (χ4v) is 4.93. The molecule has 0 radical (unpaired) electrons. The molecule has 1 amide bonds. The molecule has 0 spiro atoms. The Morgan fingerprint density at radius 3 is 2.39 bits per heavy atom. The number of allylic oxidation sites excluding steroid dienone is 1. The molecule has 1 fully saturated rings. The number of alkyl halides is 3. The van der Waals surface area contributed by atoms with E-state index in [-0.39, 0.29) is 36.7 Å². The van der Waals surface area contributed by atoms with E-state index in [1.165, 1.54) is 11.0 Å². The van der Waals surface area contributed by atoms with Crippen molar-refractivity contribution < 1.29 is 27.9 Å². The number of aliphatic imine (C=N–C) groups is 1. The van der Waals surface area contributed by atoms with Gasteiger partial charge in [-0.15, -0.1) is 0 Å². The highest BCUT2D eigenvalue weighted by molar-refractivity contribution is 5.94. The molecule has 0 aliphatic heterocycles. The number of carboxylic acids is 1. The maximum atomic E-state index is 13.0. The zero-order valence-corrected chi connectivity index (χ0v) is 23.5. The van der Waals surface area contributed by atoms with Crippen LogP contribution in [0.2, 0.25) is 0 Å². The third-order valence-electron chi connectivity index (χ3n) is 7.22. The second kappa shape index (κ2) is 14.7. The van der Waals surface area contributed by atoms with Crippen LogP contribution in [0.25, 0.3) is 0 Å². The van der Waals surface area contributed by atoms with Crippen LogP contribution >= 0.6 is 0 Å². The maximum Gasteiger partial charge on any atom is 0.417 e. The molecule has 1 heterocycles. The molecule has 1 aromatic carbocycles. The lowest BCUT2D eigenvalue weighted by Gasteiger charge is -2.33. The quantitative estimate of drug-likeness (QED) is 0.252. The Bertz CT molecular complexity index is 1220. The van der Waals surface area contributed by atoms with Gasteiger partial charge in [-0.05, 0) is 61.6 Å². The van der Waals surface area contributed by atoms with E-state index < -0.39 is 17.7 Å². The van der Waals surface area contributed by atoms with Gasteiger partial charge in [0.15, 0.2) is 5.82 Å². The van der Waals surface area contributed by atoms with E-state index in [9.17, 15) is 22.8 Å². The molecular formula is C30H38F3N5O3. The van der Waals surface area contributed by atoms with E-state index in [2.05, 4.69) is 15.3 Å². The summed E-state index contributed by atoms with van der Waals surface area (Å²) >= 11 is 0. The molecule has 0 bridgehead atoms. The number of benzene rings is 1. The van der Waals surface area contributed by atoms with Gasteiger partial charge in [-0.2, -0.15) is 13.2 Å². The average molecular weight is 574 g/mol. The van der Waals surface area contributed by atoms with Crippen molar-refractivity contribution in [3.05, 3.63) is 65.0 Å². The molecule has 41 heavy (non-hydrogen) atoms. The Hall–Kier alpha value is -3.89. The van der Waals surface area contributed by atoms with Crippen LogP contribution in [0.4, 0.5) is 24.7 Å². The van der Waals surface area contributed by atoms with E-state index in [0.717, 1.165) is 62.0 Å². The monoisotopic (exact) mass is 573 g/mol. The molecule has 222 valence electrons. The Kier molecular flexibility index (Phi) is 11.3. The van der Waals surface area contributed by atoms with E-state index >= 15 is 0 Å². The van der Waals surface area contributed by atoms with Gasteiger partial charge in [-0.3, -0.25) is 9.59 Å². The highest BCUT2D eigenvalue weighted by Gasteiger charge is 2.31. The fourth-order valence-electron chi connectivity index (χ4n) is 4.93. The first-order valence-electron chi connectivity index (χ1n) is 13.9. The highest BCUT2D eigenvalue weighted by Crippen LogP contribution is 2.33. The number of pyridine rings is 1. The van der Waals surface area contributed by atoms with Crippen molar-refractivity contribution in [3.8, 4) is 0 Å². The number of nitrogens with zero attached hydrogens (tertiary/aromatic N) is 3. The summed E-state index contributed by atoms with van der Waals surface area (Å²) in [7, 11) is 1.56. The molecule has 1 unspecified atom stereocenters. The van der Waals surface area contributed by atoms with Crippen molar-refractivity contribution in [3.63, 3.8) is 0 Å². The number of nitrogens with two attached hydrogens (primary N) is 1. The molecule has 2 aromatic rings. The van der Waals surface area contributed by atoms with E-state index in [0.29, 0.717) is 17.7 Å². The first kappa shape index (κ1) is 31.6. The number of carbonyl (C=O) groups excluding carboxylic acids is 1. The summed E-state index contributed by atoms with van der Waals surface area (Å²) in [5.74, 6) is -0.839. The number of hydrogen-bond donors (Lipinski definition) is 3. The standard InChI is InChI=1S/C30H38F3N5O3/c1-3-7-25(34)24(19-36-26-15-12-22(18-35-26)30(31,32)33)28(20-8-5-4-6-9-20)37-23-13-10-21(11-14-23)29(41)38(2)17-16-27(39)40/h10-15,18-20,28,37H,3-9,16-17,34H2,1-2H3,(H,39,40). The van der Waals surface area contributed by atoms with Crippen LogP contribution in [0.15, 0.2) is 58.9 Å². The molecule has 1 aliphatic rings. The molecule has 8 nitrogen and oxygen atoms in total. The zero-order valence-electron chi connectivity index (χ0n) is 23.5. The molecule has 0 saturated heterocycles. The summed E-state index contributed by atoms with van der Waals surface area (Å²) < 4.78 is 38.9. The summed E-state index contributed by atoms with van der Waals surface area (Å²) in [5, 5.41) is 12.5. The SMILES string of the molecule is CCCC(N)=C(C=Nc1ccc(C(F)(F)F)cn1)C(Nc1ccc(C(=O)N(C)CCC(=O)O)cc1)C1CCCCC1. The summed E-state index contributed by atoms with van der Waals surface area (Å²) in [6.45, 7) is 2.13. The van der Waals surface area contributed by atoms with Gasteiger partial charge in [0.05, 0.1) is 18.0 Å². The van der Waals surface area contributed by atoms with Crippen LogP contribution in [0.5, 0.6) is 0 Å². The summed E-state index contributed by atoms with van der Waals surface area (Å²) in [6.07, 6.45) is 4.49. The Labute approximate surface area is 238 Å². The minimum absolute atomic E-state index is 0.107. The van der Waals surface area contributed by atoms with Crippen LogP contribution in [0, 0.1) is 5.92 Å². The van der Waals surface area contributed by atoms with Gasteiger partial charge in [0.1, 0.15) is 0 Å². The highest BCUT2D eigenvalue weighted by atomic mass is 19.4.